The van der Waals surface area contributed by atoms with E-state index in [2.05, 4.69) is 40.1 Å². The van der Waals surface area contributed by atoms with Crippen molar-refractivity contribution in [1.82, 2.24) is 0 Å². The van der Waals surface area contributed by atoms with Gasteiger partial charge in [-0.3, -0.25) is 4.18 Å². The molecule has 0 bridgehead atoms. The van der Waals surface area contributed by atoms with Gasteiger partial charge in [0.1, 0.15) is 7.05 Å². The normalized spacial score (nSPS) is 11.3. The summed E-state index contributed by atoms with van der Waals surface area (Å²) < 4.78 is 33.2. The van der Waals surface area contributed by atoms with Crippen molar-refractivity contribution in [2.24, 2.45) is 7.05 Å². The molecule has 0 radical (unpaired) electrons. The number of para-hydroxylation sites is 2. The molecular formula is C15H14ClNO4S. The molecule has 0 aliphatic carbocycles. The summed E-state index contributed by atoms with van der Waals surface area (Å²) >= 11 is 6.43. The van der Waals surface area contributed by atoms with Gasteiger partial charge in [-0.05, 0) is 12.1 Å². The fraction of sp³-hybridized carbons (Fsp3) is 0.133. The highest BCUT2D eigenvalue weighted by atomic mass is 35.5. The van der Waals surface area contributed by atoms with Gasteiger partial charge in [-0.15, -0.1) is 0 Å². The average Bonchev–Trinajstić information content (AvgIpc) is 2.52. The molecule has 0 saturated heterocycles. The van der Waals surface area contributed by atoms with E-state index < -0.39 is 10.4 Å². The van der Waals surface area contributed by atoms with Crippen LogP contribution in [0.2, 0.25) is 5.02 Å². The van der Waals surface area contributed by atoms with Crippen LogP contribution in [0.5, 0.6) is 0 Å². The maximum Gasteiger partial charge on any atom is 0.217 e. The van der Waals surface area contributed by atoms with E-state index in [4.69, 9.17) is 11.6 Å². The molecule has 0 spiro atoms. The van der Waals surface area contributed by atoms with Crippen LogP contribution in [0.15, 0.2) is 48.5 Å². The van der Waals surface area contributed by atoms with E-state index in [0.717, 1.165) is 33.9 Å². The number of benzene rings is 2. The molecule has 0 unspecified atom stereocenters. The maximum atomic E-state index is 9.22. The minimum atomic E-state index is -4.41. The number of nitrogens with zero attached hydrogens (tertiary/aromatic N) is 1. The van der Waals surface area contributed by atoms with E-state index in [1.54, 1.807) is 0 Å². The van der Waals surface area contributed by atoms with Crippen LogP contribution in [0.1, 0.15) is 0 Å². The van der Waals surface area contributed by atoms with Crippen LogP contribution in [0.25, 0.3) is 21.8 Å². The number of aryl methyl sites for hydroxylation is 1. The molecule has 1 aromatic heterocycles. The summed E-state index contributed by atoms with van der Waals surface area (Å²) in [5, 5.41) is 3.04. The summed E-state index contributed by atoms with van der Waals surface area (Å²) in [6, 6.07) is 16.4. The highest BCUT2D eigenvalue weighted by molar-refractivity contribution is 7.80. The summed E-state index contributed by atoms with van der Waals surface area (Å²) in [7, 11) is -1.53. The smallest absolute Gasteiger partial charge is 0.217 e. The predicted molar refractivity (Wildman–Crippen MR) is 84.3 cm³/mol. The minimum absolute atomic E-state index is 0.808. The van der Waals surface area contributed by atoms with Crippen LogP contribution in [0.4, 0.5) is 0 Å². The van der Waals surface area contributed by atoms with E-state index in [0.29, 0.717) is 0 Å². The zero-order valence-electron chi connectivity index (χ0n) is 12.0. The van der Waals surface area contributed by atoms with E-state index in [1.807, 2.05) is 24.3 Å². The topological polar surface area (TPSA) is 70.3 Å². The Morgan fingerprint density at radius 2 is 1.36 bits per heavy atom. The lowest BCUT2D eigenvalue weighted by molar-refractivity contribution is -0.617. The Labute approximate surface area is 133 Å². The van der Waals surface area contributed by atoms with Crippen LogP contribution in [-0.4, -0.2) is 20.1 Å². The number of rotatable bonds is 1. The zero-order valence-corrected chi connectivity index (χ0v) is 13.6. The molecule has 0 atom stereocenters. The number of hydrogen-bond donors (Lipinski definition) is 0. The van der Waals surface area contributed by atoms with Crippen molar-refractivity contribution in [1.29, 1.82) is 0 Å². The third-order valence-corrected chi connectivity index (χ3v) is 4.02. The third kappa shape index (κ3) is 3.53. The van der Waals surface area contributed by atoms with Crippen molar-refractivity contribution >= 4 is 43.8 Å². The molecule has 0 amide bonds. The Bertz CT molecular complexity index is 808. The molecule has 3 aromatic rings. The molecule has 0 fully saturated rings. The van der Waals surface area contributed by atoms with E-state index in [9.17, 15) is 13.0 Å². The second kappa shape index (κ2) is 6.58. The van der Waals surface area contributed by atoms with Gasteiger partial charge in [0.15, 0.2) is 0 Å². The van der Waals surface area contributed by atoms with E-state index in [1.165, 1.54) is 0 Å². The Hall–Kier alpha value is -1.73. The zero-order chi connectivity index (χ0) is 16.3. The average molecular weight is 340 g/mol. The lowest BCUT2D eigenvalue weighted by Crippen LogP contribution is -2.30. The molecular weight excluding hydrogens is 326 g/mol. The first-order valence-corrected chi connectivity index (χ1v) is 8.02. The van der Waals surface area contributed by atoms with Crippen molar-refractivity contribution in [2.75, 3.05) is 7.11 Å². The molecule has 0 aliphatic rings. The Morgan fingerprint density at radius 1 is 1.00 bits per heavy atom. The quantitative estimate of drug-likeness (QED) is 0.296. The predicted octanol–water partition coefficient (Wildman–Crippen LogP) is 2.56. The first-order chi connectivity index (χ1) is 10.3. The molecule has 3 rings (SSSR count). The van der Waals surface area contributed by atoms with Crippen LogP contribution >= 0.6 is 11.6 Å². The van der Waals surface area contributed by atoms with Gasteiger partial charge >= 0.3 is 0 Å². The summed E-state index contributed by atoms with van der Waals surface area (Å²) in [5.41, 5.74) is 2.32. The van der Waals surface area contributed by atoms with Gasteiger partial charge < -0.3 is 4.55 Å². The molecule has 22 heavy (non-hydrogen) atoms. The van der Waals surface area contributed by atoms with Crippen molar-refractivity contribution < 1.29 is 21.7 Å². The fourth-order valence-corrected chi connectivity index (χ4v) is 2.50. The van der Waals surface area contributed by atoms with Crippen LogP contribution < -0.4 is 4.57 Å². The van der Waals surface area contributed by atoms with Gasteiger partial charge in [0.05, 0.1) is 22.9 Å². The van der Waals surface area contributed by atoms with Crippen molar-refractivity contribution in [3.63, 3.8) is 0 Å². The monoisotopic (exact) mass is 339 g/mol. The van der Waals surface area contributed by atoms with Gasteiger partial charge in [0, 0.05) is 12.1 Å². The molecule has 5 nitrogen and oxygen atoms in total. The largest absolute Gasteiger partial charge is 0.726 e. The Morgan fingerprint density at radius 3 is 1.73 bits per heavy atom. The van der Waals surface area contributed by atoms with Crippen molar-refractivity contribution in [3.05, 3.63) is 53.6 Å². The number of aromatic nitrogens is 1. The van der Waals surface area contributed by atoms with Gasteiger partial charge in [0.2, 0.25) is 21.4 Å². The third-order valence-electron chi connectivity index (χ3n) is 3.21. The van der Waals surface area contributed by atoms with Crippen LogP contribution in [0.3, 0.4) is 0 Å². The number of fused-ring (bicyclic) bond motifs is 2. The second-order valence-electron chi connectivity index (χ2n) is 4.48. The molecule has 0 aliphatic heterocycles. The summed E-state index contributed by atoms with van der Waals surface area (Å²) in [6.07, 6.45) is 0. The van der Waals surface area contributed by atoms with Crippen molar-refractivity contribution in [3.8, 4) is 0 Å². The molecule has 0 N–H and O–H groups in total. The first-order valence-electron chi connectivity index (χ1n) is 6.31. The molecule has 1 heterocycles. The highest BCUT2D eigenvalue weighted by Gasteiger charge is 2.14. The van der Waals surface area contributed by atoms with Gasteiger partial charge in [-0.2, -0.15) is 4.57 Å². The summed E-state index contributed by atoms with van der Waals surface area (Å²) in [4.78, 5) is 0. The maximum absolute atomic E-state index is 9.22. The molecule has 7 heteroatoms. The first kappa shape index (κ1) is 16.6. The molecule has 0 saturated carbocycles. The molecule has 2 aromatic carbocycles. The summed E-state index contributed by atoms with van der Waals surface area (Å²) in [6.45, 7) is 0. The Balaban J connectivity index is 0.000000254. The highest BCUT2D eigenvalue weighted by Crippen LogP contribution is 2.28. The lowest BCUT2D eigenvalue weighted by atomic mass is 10.1. The Kier molecular flexibility index (Phi) is 4.97. The minimum Gasteiger partial charge on any atom is -0.726 e. The number of hydrogen-bond acceptors (Lipinski definition) is 4. The lowest BCUT2D eigenvalue weighted by Gasteiger charge is -2.04. The summed E-state index contributed by atoms with van der Waals surface area (Å²) in [5.74, 6) is 0. The van der Waals surface area contributed by atoms with E-state index >= 15 is 0 Å². The standard InChI is InChI=1S/C14H11ClN.CH4O4S/c1-16-12-8-4-2-6-10(12)14(15)11-7-3-5-9-13(11)16;1-5-6(2,3)4/h2-9H,1H3;1H3,(H,2,3,4)/q+1;/p-1. The van der Waals surface area contributed by atoms with Gasteiger partial charge in [-0.25, -0.2) is 8.42 Å². The number of pyridine rings is 1. The SMILES string of the molecule is COS(=O)(=O)[O-].C[n+]1c2ccccc2c(Cl)c2ccccc21. The van der Waals surface area contributed by atoms with Crippen molar-refractivity contribution in [2.45, 2.75) is 0 Å². The fourth-order valence-electron chi connectivity index (χ4n) is 2.18. The van der Waals surface area contributed by atoms with Crippen LogP contribution in [0, 0.1) is 0 Å². The van der Waals surface area contributed by atoms with E-state index in [-0.39, 0.29) is 0 Å². The van der Waals surface area contributed by atoms with Gasteiger partial charge in [0.25, 0.3) is 0 Å². The molecule has 116 valence electrons. The second-order valence-corrected chi connectivity index (χ2v) is 6.01. The number of halogens is 1. The van der Waals surface area contributed by atoms with Gasteiger partial charge in [-0.1, -0.05) is 35.9 Å². The van der Waals surface area contributed by atoms with Crippen LogP contribution in [-0.2, 0) is 21.6 Å².